The molecule has 1 heterocycles. The van der Waals surface area contributed by atoms with E-state index in [9.17, 15) is 4.79 Å². The first-order chi connectivity index (χ1) is 13.6. The third-order valence-electron chi connectivity index (χ3n) is 4.55. The van der Waals surface area contributed by atoms with Crippen molar-refractivity contribution >= 4 is 33.6 Å². The lowest BCUT2D eigenvalue weighted by Crippen LogP contribution is -1.96. The van der Waals surface area contributed by atoms with Crippen molar-refractivity contribution in [3.05, 3.63) is 84.6 Å². The third-order valence-corrected chi connectivity index (χ3v) is 4.55. The highest BCUT2D eigenvalue weighted by Crippen LogP contribution is 2.32. The Kier molecular flexibility index (Phi) is 4.64. The number of ketones is 1. The van der Waals surface area contributed by atoms with Gasteiger partial charge in [0, 0.05) is 16.5 Å². The zero-order valence-electron chi connectivity index (χ0n) is 15.3. The van der Waals surface area contributed by atoms with Crippen molar-refractivity contribution in [3.63, 3.8) is 0 Å². The molecule has 0 saturated heterocycles. The van der Waals surface area contributed by atoms with Gasteiger partial charge in [-0.2, -0.15) is 0 Å². The molecule has 5 heteroatoms. The maximum absolute atomic E-state index is 11.8. The van der Waals surface area contributed by atoms with E-state index in [0.717, 1.165) is 22.0 Å². The summed E-state index contributed by atoms with van der Waals surface area (Å²) in [7, 11) is 0. The Bertz CT molecular complexity index is 1200. The van der Waals surface area contributed by atoms with Gasteiger partial charge < -0.3 is 5.73 Å². The van der Waals surface area contributed by atoms with Gasteiger partial charge in [-0.3, -0.25) is 9.78 Å². The second kappa shape index (κ2) is 7.40. The van der Waals surface area contributed by atoms with E-state index in [-0.39, 0.29) is 5.78 Å². The Morgan fingerprint density at radius 1 is 0.893 bits per heavy atom. The standard InChI is InChI=1S/C23H18N4O/c1-15(28)18-7-4-5-9-20(18)21-13-11-17(14-25-21)26-27-22-12-10-16-6-2-3-8-19(16)23(22)24/h2-14H,24H2,1H3. The molecule has 0 atom stereocenters. The van der Waals surface area contributed by atoms with Crippen LogP contribution in [0.2, 0.25) is 0 Å². The molecule has 28 heavy (non-hydrogen) atoms. The summed E-state index contributed by atoms with van der Waals surface area (Å²) in [6.45, 7) is 1.55. The fraction of sp³-hybridized carbons (Fsp3) is 0.0435. The quantitative estimate of drug-likeness (QED) is 0.269. The van der Waals surface area contributed by atoms with E-state index in [1.54, 1.807) is 19.2 Å². The van der Waals surface area contributed by atoms with Crippen molar-refractivity contribution in [2.75, 3.05) is 5.73 Å². The second-order valence-corrected chi connectivity index (χ2v) is 6.42. The zero-order valence-corrected chi connectivity index (χ0v) is 15.3. The highest BCUT2D eigenvalue weighted by molar-refractivity contribution is 6.00. The fourth-order valence-electron chi connectivity index (χ4n) is 3.10. The minimum Gasteiger partial charge on any atom is -0.396 e. The Labute approximate surface area is 162 Å². The van der Waals surface area contributed by atoms with Crippen LogP contribution in [0.4, 0.5) is 17.1 Å². The topological polar surface area (TPSA) is 80.7 Å². The predicted octanol–water partition coefficient (Wildman–Crippen LogP) is 6.10. The maximum Gasteiger partial charge on any atom is 0.160 e. The molecule has 0 aliphatic carbocycles. The Morgan fingerprint density at radius 3 is 2.46 bits per heavy atom. The SMILES string of the molecule is CC(=O)c1ccccc1-c1ccc(N=Nc2ccc3ccccc3c2N)cn1. The number of aromatic nitrogens is 1. The monoisotopic (exact) mass is 366 g/mol. The van der Waals surface area contributed by atoms with Crippen molar-refractivity contribution in [3.8, 4) is 11.3 Å². The van der Waals surface area contributed by atoms with Crippen molar-refractivity contribution < 1.29 is 4.79 Å². The molecule has 4 aromatic rings. The van der Waals surface area contributed by atoms with Gasteiger partial charge in [0.2, 0.25) is 0 Å². The van der Waals surface area contributed by atoms with Gasteiger partial charge in [0.1, 0.15) is 11.4 Å². The number of azo groups is 1. The first kappa shape index (κ1) is 17.5. The largest absolute Gasteiger partial charge is 0.396 e. The summed E-state index contributed by atoms with van der Waals surface area (Å²) in [6.07, 6.45) is 1.63. The molecule has 0 aliphatic heterocycles. The van der Waals surface area contributed by atoms with E-state index in [1.807, 2.05) is 66.7 Å². The number of fused-ring (bicyclic) bond motifs is 1. The summed E-state index contributed by atoms with van der Waals surface area (Å²) in [5.41, 5.74) is 10.2. The summed E-state index contributed by atoms with van der Waals surface area (Å²) in [6, 6.07) is 22.8. The summed E-state index contributed by atoms with van der Waals surface area (Å²) in [5.74, 6) is 0.00735. The van der Waals surface area contributed by atoms with Crippen LogP contribution < -0.4 is 5.73 Å². The average molecular weight is 366 g/mol. The normalized spacial score (nSPS) is 11.2. The van der Waals surface area contributed by atoms with Crippen LogP contribution in [0, 0.1) is 0 Å². The van der Waals surface area contributed by atoms with E-state index in [1.165, 1.54) is 0 Å². The summed E-state index contributed by atoms with van der Waals surface area (Å²) in [5, 5.41) is 10.5. The van der Waals surface area contributed by atoms with Crippen molar-refractivity contribution in [1.82, 2.24) is 4.98 Å². The van der Waals surface area contributed by atoms with Gasteiger partial charge in [-0.1, -0.05) is 54.6 Å². The Morgan fingerprint density at radius 2 is 1.68 bits per heavy atom. The van der Waals surface area contributed by atoms with Crippen LogP contribution in [-0.4, -0.2) is 10.8 Å². The smallest absolute Gasteiger partial charge is 0.160 e. The minimum atomic E-state index is 0.00735. The maximum atomic E-state index is 11.8. The van der Waals surface area contributed by atoms with Gasteiger partial charge in [0.25, 0.3) is 0 Å². The van der Waals surface area contributed by atoms with E-state index >= 15 is 0 Å². The first-order valence-electron chi connectivity index (χ1n) is 8.89. The molecular formula is C23H18N4O. The van der Waals surface area contributed by atoms with Gasteiger partial charge in [-0.15, -0.1) is 10.2 Å². The summed E-state index contributed by atoms with van der Waals surface area (Å²) < 4.78 is 0. The number of Topliss-reactive ketones (excluding diaryl/α,β-unsaturated/α-hetero) is 1. The Hall–Kier alpha value is -3.86. The van der Waals surface area contributed by atoms with E-state index in [2.05, 4.69) is 15.2 Å². The number of hydrogen-bond acceptors (Lipinski definition) is 5. The third kappa shape index (κ3) is 3.38. The van der Waals surface area contributed by atoms with Crippen LogP contribution in [0.15, 0.2) is 89.2 Å². The number of nitrogen functional groups attached to an aromatic ring is 1. The van der Waals surface area contributed by atoms with Gasteiger partial charge >= 0.3 is 0 Å². The number of pyridine rings is 1. The van der Waals surface area contributed by atoms with Crippen molar-refractivity contribution in [2.24, 2.45) is 10.2 Å². The second-order valence-electron chi connectivity index (χ2n) is 6.42. The number of nitrogens with zero attached hydrogens (tertiary/aromatic N) is 3. The highest BCUT2D eigenvalue weighted by atomic mass is 16.1. The molecule has 0 fully saturated rings. The van der Waals surface area contributed by atoms with Crippen LogP contribution in [0.3, 0.4) is 0 Å². The molecule has 0 saturated carbocycles. The fourth-order valence-corrected chi connectivity index (χ4v) is 3.10. The van der Waals surface area contributed by atoms with Crippen LogP contribution in [0.5, 0.6) is 0 Å². The van der Waals surface area contributed by atoms with E-state index in [0.29, 0.717) is 22.6 Å². The molecule has 4 rings (SSSR count). The molecule has 0 bridgehead atoms. The lowest BCUT2D eigenvalue weighted by molar-refractivity contribution is 0.101. The number of carbonyl (C=O) groups is 1. The van der Waals surface area contributed by atoms with Gasteiger partial charge in [-0.05, 0) is 30.5 Å². The van der Waals surface area contributed by atoms with Crippen LogP contribution in [0.25, 0.3) is 22.0 Å². The lowest BCUT2D eigenvalue weighted by atomic mass is 10.0. The van der Waals surface area contributed by atoms with Crippen molar-refractivity contribution in [1.29, 1.82) is 0 Å². The molecule has 0 aliphatic rings. The number of nitrogens with two attached hydrogens (primary N) is 1. The number of anilines is 1. The predicted molar refractivity (Wildman–Crippen MR) is 112 cm³/mol. The van der Waals surface area contributed by atoms with Crippen molar-refractivity contribution in [2.45, 2.75) is 6.92 Å². The van der Waals surface area contributed by atoms with Gasteiger partial charge in [-0.25, -0.2) is 0 Å². The molecule has 0 amide bonds. The highest BCUT2D eigenvalue weighted by Gasteiger charge is 2.09. The molecule has 0 radical (unpaired) electrons. The minimum absolute atomic E-state index is 0.00735. The van der Waals surface area contributed by atoms with Crippen LogP contribution >= 0.6 is 0 Å². The first-order valence-corrected chi connectivity index (χ1v) is 8.89. The summed E-state index contributed by atoms with van der Waals surface area (Å²) >= 11 is 0. The molecule has 0 unspecified atom stereocenters. The van der Waals surface area contributed by atoms with E-state index < -0.39 is 0 Å². The summed E-state index contributed by atoms with van der Waals surface area (Å²) in [4.78, 5) is 16.3. The van der Waals surface area contributed by atoms with Gasteiger partial charge in [0.15, 0.2) is 5.78 Å². The average Bonchev–Trinajstić information content (AvgIpc) is 2.74. The van der Waals surface area contributed by atoms with E-state index in [4.69, 9.17) is 5.73 Å². The van der Waals surface area contributed by atoms with Crippen LogP contribution in [-0.2, 0) is 0 Å². The number of carbonyl (C=O) groups excluding carboxylic acids is 1. The van der Waals surface area contributed by atoms with Crippen LogP contribution in [0.1, 0.15) is 17.3 Å². The molecule has 2 N–H and O–H groups in total. The molecular weight excluding hydrogens is 348 g/mol. The Balaban J connectivity index is 1.62. The number of hydrogen-bond donors (Lipinski definition) is 1. The molecule has 1 aromatic heterocycles. The number of rotatable bonds is 4. The number of benzene rings is 3. The molecule has 0 spiro atoms. The molecule has 5 nitrogen and oxygen atoms in total. The lowest BCUT2D eigenvalue weighted by Gasteiger charge is -2.06. The molecule has 3 aromatic carbocycles. The zero-order chi connectivity index (χ0) is 19.5. The molecule has 136 valence electrons. The van der Waals surface area contributed by atoms with Gasteiger partial charge in [0.05, 0.1) is 17.6 Å².